The number of carbonyl (C=O) groups excluding carboxylic acids is 3. The molecule has 15 heteroatoms. The van der Waals surface area contributed by atoms with Crippen LogP contribution in [-0.4, -0.2) is 52.1 Å². The summed E-state index contributed by atoms with van der Waals surface area (Å²) >= 11 is 15.7. The van der Waals surface area contributed by atoms with Gasteiger partial charge in [0.15, 0.2) is 29.6 Å². The number of methoxy groups -OCH3 is 3. The average molecular weight is 736 g/mol. The van der Waals surface area contributed by atoms with Crippen LogP contribution < -0.4 is 35.0 Å². The Morgan fingerprint density at radius 2 is 1.76 bits per heavy atom. The van der Waals surface area contributed by atoms with Gasteiger partial charge in [-0.15, -0.1) is 0 Å². The van der Waals surface area contributed by atoms with Crippen molar-refractivity contribution in [1.82, 2.24) is 16.1 Å². The maximum Gasteiger partial charge on any atom is 0.337 e. The van der Waals surface area contributed by atoms with Crippen molar-refractivity contribution < 1.29 is 38.1 Å². The molecule has 0 saturated carbocycles. The molecular weight excluding hydrogens is 707 g/mol. The van der Waals surface area contributed by atoms with Crippen LogP contribution in [-0.2, 0) is 20.9 Å². The van der Waals surface area contributed by atoms with E-state index in [1.807, 2.05) is 0 Å². The minimum Gasteiger partial charge on any atom is -0.493 e. The second-order valence-electron chi connectivity index (χ2n) is 9.61. The molecule has 242 valence electrons. The van der Waals surface area contributed by atoms with E-state index in [9.17, 15) is 14.4 Å². The maximum absolute atomic E-state index is 12.5. The zero-order chi connectivity index (χ0) is 33.4. The summed E-state index contributed by atoms with van der Waals surface area (Å²) in [5.74, 6) is 0.292. The van der Waals surface area contributed by atoms with E-state index in [4.69, 9.17) is 46.9 Å². The molecule has 12 nitrogen and oxygen atoms in total. The summed E-state index contributed by atoms with van der Waals surface area (Å²) in [6, 6.07) is 12.1. The van der Waals surface area contributed by atoms with E-state index in [0.29, 0.717) is 42.8 Å². The number of hydrogen-bond donors (Lipinski definition) is 3. The number of nitrogens with zero attached hydrogens (tertiary/aromatic N) is 1. The van der Waals surface area contributed by atoms with E-state index in [1.54, 1.807) is 55.5 Å². The highest BCUT2D eigenvalue weighted by atomic mass is 79.9. The molecule has 4 rings (SSSR count). The summed E-state index contributed by atoms with van der Waals surface area (Å²) in [6.45, 7) is 1.41. The first kappa shape index (κ1) is 34.4. The van der Waals surface area contributed by atoms with Crippen LogP contribution in [0.15, 0.2) is 69.4 Å². The van der Waals surface area contributed by atoms with E-state index >= 15 is 0 Å². The van der Waals surface area contributed by atoms with Gasteiger partial charge in [-0.2, -0.15) is 5.10 Å². The first-order valence-electron chi connectivity index (χ1n) is 13.5. The molecule has 0 fully saturated rings. The van der Waals surface area contributed by atoms with Crippen LogP contribution in [0.4, 0.5) is 4.79 Å². The molecule has 0 saturated heterocycles. The highest BCUT2D eigenvalue weighted by Gasteiger charge is 2.32. The predicted molar refractivity (Wildman–Crippen MR) is 175 cm³/mol. The number of halogens is 3. The van der Waals surface area contributed by atoms with Gasteiger partial charge in [-0.25, -0.2) is 15.0 Å². The molecular formula is C31H29BrCl2N4O8. The molecule has 0 aromatic heterocycles. The Balaban J connectivity index is 1.37. The molecule has 46 heavy (non-hydrogen) atoms. The largest absolute Gasteiger partial charge is 0.493 e. The molecule has 1 heterocycles. The molecule has 0 radical (unpaired) electrons. The third-order valence-corrected chi connectivity index (χ3v) is 7.77. The Hall–Kier alpha value is -4.46. The topological polar surface area (TPSA) is 146 Å². The molecule has 1 aliphatic heterocycles. The van der Waals surface area contributed by atoms with Gasteiger partial charge in [0.2, 0.25) is 0 Å². The Bertz CT molecular complexity index is 1720. The fraction of sp³-hybridized carbons (Fsp3) is 0.226. The zero-order valence-corrected chi connectivity index (χ0v) is 28.1. The number of rotatable bonds is 12. The summed E-state index contributed by atoms with van der Waals surface area (Å²) in [6.07, 6.45) is 1.43. The minimum atomic E-state index is -0.789. The maximum atomic E-state index is 12.5. The molecule has 3 aromatic rings. The Morgan fingerprint density at radius 3 is 2.46 bits per heavy atom. The Labute approximate surface area is 283 Å². The van der Waals surface area contributed by atoms with E-state index in [1.165, 1.54) is 27.5 Å². The van der Waals surface area contributed by atoms with Crippen molar-refractivity contribution in [1.29, 1.82) is 0 Å². The van der Waals surface area contributed by atoms with Gasteiger partial charge in [0.05, 0.1) is 43.6 Å². The summed E-state index contributed by atoms with van der Waals surface area (Å²) in [4.78, 5) is 37.0. The van der Waals surface area contributed by atoms with Crippen LogP contribution in [0, 0.1) is 0 Å². The number of hydrazone groups is 1. The van der Waals surface area contributed by atoms with Crippen LogP contribution in [0.25, 0.3) is 0 Å². The number of carbonyl (C=O) groups is 3. The zero-order valence-electron chi connectivity index (χ0n) is 25.0. The quantitative estimate of drug-likeness (QED) is 0.122. The molecule has 3 aromatic carbocycles. The van der Waals surface area contributed by atoms with Gasteiger partial charge in [0.25, 0.3) is 5.91 Å². The lowest BCUT2D eigenvalue weighted by molar-refractivity contribution is -0.136. The summed E-state index contributed by atoms with van der Waals surface area (Å²) < 4.78 is 28.0. The SMILES string of the molecule is COC(=O)C1=C(C)NC(=O)N[C@@H]1c1ccc(OCC(=O)N/N=C\c2cc(Br)c(OCc3ccc(Cl)cc3Cl)c(OC)c2)c(OC)c1. The van der Waals surface area contributed by atoms with Crippen molar-refractivity contribution >= 4 is 63.3 Å². The van der Waals surface area contributed by atoms with Crippen molar-refractivity contribution in [3.05, 3.63) is 91.0 Å². The van der Waals surface area contributed by atoms with Crippen LogP contribution in [0.2, 0.25) is 10.0 Å². The second-order valence-corrected chi connectivity index (χ2v) is 11.3. The molecule has 0 bridgehead atoms. The first-order chi connectivity index (χ1) is 22.0. The van der Waals surface area contributed by atoms with Crippen molar-refractivity contribution in [2.45, 2.75) is 19.6 Å². The van der Waals surface area contributed by atoms with E-state index < -0.39 is 23.9 Å². The van der Waals surface area contributed by atoms with Crippen LogP contribution in [0.5, 0.6) is 23.0 Å². The highest BCUT2D eigenvalue weighted by Crippen LogP contribution is 2.38. The van der Waals surface area contributed by atoms with Gasteiger partial charge in [0.1, 0.15) is 6.61 Å². The fourth-order valence-electron chi connectivity index (χ4n) is 4.40. The predicted octanol–water partition coefficient (Wildman–Crippen LogP) is 5.68. The average Bonchev–Trinajstić information content (AvgIpc) is 3.03. The molecule has 0 spiro atoms. The molecule has 1 atom stereocenters. The Kier molecular flexibility index (Phi) is 11.7. The van der Waals surface area contributed by atoms with E-state index in [0.717, 1.165) is 5.56 Å². The standard InChI is InChI=1S/C31H29BrCl2N4O8/c1-16-27(30(40)44-4)28(37-31(41)36-16)18-6-8-23(24(11-18)42-2)45-15-26(39)38-35-13-17-9-21(32)29(25(10-17)43-3)46-14-19-5-7-20(33)12-22(19)34/h5-13,28H,14-15H2,1-4H3,(H,38,39)(H2,36,37,41)/b35-13-/t28-/m1/s1. The van der Waals surface area contributed by atoms with Crippen LogP contribution >= 0.6 is 39.1 Å². The van der Waals surface area contributed by atoms with Gasteiger partial charge < -0.3 is 34.3 Å². The minimum absolute atomic E-state index is 0.182. The van der Waals surface area contributed by atoms with Gasteiger partial charge in [-0.3, -0.25) is 4.79 Å². The second kappa shape index (κ2) is 15.7. The lowest BCUT2D eigenvalue weighted by Gasteiger charge is -2.28. The number of ether oxygens (including phenoxy) is 5. The van der Waals surface area contributed by atoms with Crippen LogP contribution in [0.3, 0.4) is 0 Å². The van der Waals surface area contributed by atoms with Crippen LogP contribution in [0.1, 0.15) is 29.7 Å². The lowest BCUT2D eigenvalue weighted by Crippen LogP contribution is -2.45. The van der Waals surface area contributed by atoms with E-state index in [-0.39, 0.29) is 30.3 Å². The number of allylic oxidation sites excluding steroid dienone is 1. The number of urea groups is 1. The normalized spacial score (nSPS) is 14.3. The van der Waals surface area contributed by atoms with Gasteiger partial charge in [-0.1, -0.05) is 35.3 Å². The number of esters is 1. The summed E-state index contributed by atoms with van der Waals surface area (Å²) in [7, 11) is 4.18. The lowest BCUT2D eigenvalue weighted by atomic mass is 9.95. The molecule has 0 aliphatic carbocycles. The number of nitrogens with one attached hydrogen (secondary N) is 3. The van der Waals surface area contributed by atoms with Crippen molar-refractivity contribution in [2.24, 2.45) is 5.10 Å². The molecule has 3 amide bonds. The van der Waals surface area contributed by atoms with Crippen molar-refractivity contribution in [3.8, 4) is 23.0 Å². The molecule has 0 unspecified atom stereocenters. The van der Waals surface area contributed by atoms with Crippen molar-refractivity contribution in [2.75, 3.05) is 27.9 Å². The van der Waals surface area contributed by atoms with Crippen molar-refractivity contribution in [3.63, 3.8) is 0 Å². The fourth-order valence-corrected chi connectivity index (χ4v) is 5.44. The monoisotopic (exact) mass is 734 g/mol. The number of amides is 3. The molecule has 1 aliphatic rings. The highest BCUT2D eigenvalue weighted by molar-refractivity contribution is 9.10. The smallest absolute Gasteiger partial charge is 0.337 e. The molecule has 3 N–H and O–H groups in total. The first-order valence-corrected chi connectivity index (χ1v) is 15.0. The number of hydrogen-bond acceptors (Lipinski definition) is 9. The third kappa shape index (κ3) is 8.42. The third-order valence-electron chi connectivity index (χ3n) is 6.60. The van der Waals surface area contributed by atoms with E-state index in [2.05, 4.69) is 37.1 Å². The Morgan fingerprint density at radius 1 is 1.00 bits per heavy atom. The summed E-state index contributed by atoms with van der Waals surface area (Å²) in [5.41, 5.74) is 4.91. The van der Waals surface area contributed by atoms with Gasteiger partial charge in [0, 0.05) is 21.3 Å². The van der Waals surface area contributed by atoms with Gasteiger partial charge in [-0.05, 0) is 70.4 Å². The van der Waals surface area contributed by atoms with Gasteiger partial charge >= 0.3 is 12.0 Å². The number of benzene rings is 3. The summed E-state index contributed by atoms with van der Waals surface area (Å²) in [5, 5.41) is 10.3.